The molecule has 0 aliphatic heterocycles. The fourth-order valence-corrected chi connectivity index (χ4v) is 6.07. The van der Waals surface area contributed by atoms with Gasteiger partial charge < -0.3 is 20.5 Å². The second-order valence-corrected chi connectivity index (χ2v) is 10.4. The van der Waals surface area contributed by atoms with Crippen LogP contribution in [0.4, 0.5) is 4.79 Å². The standard InChI is InChI=1S/C28H32N2O5/c1-28(26(33)29-18-13-17(14-18)15-25(31)32)12-6-11-24(28)30-27(34)35-16-23-21-9-4-2-7-19(21)20-8-3-5-10-22(20)23/h2-5,7-10,17-18,23-24H,6,11-16H2,1H3,(H,29,33)(H,30,34)(H,31,32). The molecule has 3 aliphatic rings. The molecule has 2 aromatic rings. The number of nitrogens with one attached hydrogen (secondary N) is 2. The van der Waals surface area contributed by atoms with E-state index < -0.39 is 17.5 Å². The summed E-state index contributed by atoms with van der Waals surface area (Å²) in [6, 6.07) is 16.1. The van der Waals surface area contributed by atoms with Gasteiger partial charge in [-0.1, -0.05) is 55.0 Å². The summed E-state index contributed by atoms with van der Waals surface area (Å²) in [6.45, 7) is 2.14. The van der Waals surface area contributed by atoms with E-state index in [0.717, 1.165) is 24.0 Å². The number of aliphatic carboxylic acids is 1. The summed E-state index contributed by atoms with van der Waals surface area (Å²) in [5.41, 5.74) is 3.97. The lowest BCUT2D eigenvalue weighted by Gasteiger charge is -2.38. The minimum absolute atomic E-state index is 0.0104. The number of benzene rings is 2. The zero-order chi connectivity index (χ0) is 24.6. The number of carbonyl (C=O) groups is 3. The molecule has 0 radical (unpaired) electrons. The number of carboxylic acid groups (broad SMARTS) is 1. The van der Waals surface area contributed by atoms with Crippen molar-refractivity contribution < 1.29 is 24.2 Å². The zero-order valence-electron chi connectivity index (χ0n) is 20.0. The second kappa shape index (κ2) is 9.36. The SMILES string of the molecule is CC1(C(=O)NC2CC(CC(=O)O)C2)CCCC1NC(=O)OCC1c2ccccc2-c2ccccc21. The Bertz CT molecular complexity index is 1100. The lowest BCUT2D eigenvalue weighted by atomic mass is 9.76. The quantitative estimate of drug-likeness (QED) is 0.548. The van der Waals surface area contributed by atoms with Gasteiger partial charge in [0.1, 0.15) is 6.61 Å². The molecule has 7 heteroatoms. The minimum atomic E-state index is -0.796. The number of carbonyl (C=O) groups excluding carboxylic acids is 2. The molecule has 0 saturated heterocycles. The highest BCUT2D eigenvalue weighted by atomic mass is 16.5. The van der Waals surface area contributed by atoms with Gasteiger partial charge in [0.15, 0.2) is 0 Å². The number of alkyl carbamates (subject to hydrolysis) is 1. The molecule has 2 aromatic carbocycles. The van der Waals surface area contributed by atoms with Gasteiger partial charge in [0.2, 0.25) is 5.91 Å². The Labute approximate surface area is 205 Å². The first-order valence-corrected chi connectivity index (χ1v) is 12.5. The van der Waals surface area contributed by atoms with Gasteiger partial charge in [-0.3, -0.25) is 9.59 Å². The predicted octanol–water partition coefficient (Wildman–Crippen LogP) is 4.45. The van der Waals surface area contributed by atoms with Crippen molar-refractivity contribution in [3.8, 4) is 11.1 Å². The van der Waals surface area contributed by atoms with E-state index in [4.69, 9.17) is 9.84 Å². The van der Waals surface area contributed by atoms with Crippen molar-refractivity contribution in [2.24, 2.45) is 11.3 Å². The van der Waals surface area contributed by atoms with Gasteiger partial charge in [0.05, 0.1) is 5.41 Å². The van der Waals surface area contributed by atoms with E-state index in [-0.39, 0.29) is 42.9 Å². The molecule has 2 saturated carbocycles. The highest BCUT2D eigenvalue weighted by Crippen LogP contribution is 2.44. The summed E-state index contributed by atoms with van der Waals surface area (Å²) >= 11 is 0. The lowest BCUT2D eigenvalue weighted by Crippen LogP contribution is -2.55. The molecular weight excluding hydrogens is 444 g/mol. The van der Waals surface area contributed by atoms with Gasteiger partial charge in [-0.05, 0) is 60.8 Å². The number of fused-ring (bicyclic) bond motifs is 3. The third-order valence-electron chi connectivity index (χ3n) is 8.15. The summed E-state index contributed by atoms with van der Waals surface area (Å²) in [7, 11) is 0. The molecule has 0 spiro atoms. The van der Waals surface area contributed by atoms with Crippen molar-refractivity contribution in [2.75, 3.05) is 6.61 Å². The van der Waals surface area contributed by atoms with Gasteiger partial charge in [0, 0.05) is 24.4 Å². The van der Waals surface area contributed by atoms with Crippen molar-refractivity contribution in [1.82, 2.24) is 10.6 Å². The third-order valence-corrected chi connectivity index (χ3v) is 8.15. The van der Waals surface area contributed by atoms with Crippen LogP contribution >= 0.6 is 0 Å². The molecule has 35 heavy (non-hydrogen) atoms. The van der Waals surface area contributed by atoms with Crippen molar-refractivity contribution in [3.05, 3.63) is 59.7 Å². The van der Waals surface area contributed by atoms with Crippen LogP contribution in [0.15, 0.2) is 48.5 Å². The smallest absolute Gasteiger partial charge is 0.407 e. The number of amides is 2. The van der Waals surface area contributed by atoms with Gasteiger partial charge >= 0.3 is 12.1 Å². The van der Waals surface area contributed by atoms with Crippen LogP contribution in [0.2, 0.25) is 0 Å². The van der Waals surface area contributed by atoms with Crippen molar-refractivity contribution >= 4 is 18.0 Å². The molecule has 2 unspecified atom stereocenters. The molecule has 184 valence electrons. The molecule has 2 amide bonds. The van der Waals surface area contributed by atoms with E-state index in [1.165, 1.54) is 11.1 Å². The monoisotopic (exact) mass is 476 g/mol. The zero-order valence-corrected chi connectivity index (χ0v) is 20.0. The van der Waals surface area contributed by atoms with Crippen molar-refractivity contribution in [3.63, 3.8) is 0 Å². The van der Waals surface area contributed by atoms with E-state index >= 15 is 0 Å². The number of hydrogen-bond acceptors (Lipinski definition) is 4. The molecule has 2 fully saturated rings. The van der Waals surface area contributed by atoms with Gasteiger partial charge in [-0.25, -0.2) is 4.79 Å². The van der Waals surface area contributed by atoms with Crippen LogP contribution in [0.25, 0.3) is 11.1 Å². The predicted molar refractivity (Wildman–Crippen MR) is 131 cm³/mol. The van der Waals surface area contributed by atoms with E-state index in [2.05, 4.69) is 34.9 Å². The van der Waals surface area contributed by atoms with Crippen molar-refractivity contribution in [2.45, 2.75) is 63.5 Å². The van der Waals surface area contributed by atoms with Gasteiger partial charge in [0.25, 0.3) is 0 Å². The topological polar surface area (TPSA) is 105 Å². The average molecular weight is 477 g/mol. The summed E-state index contributed by atoms with van der Waals surface area (Å²) < 4.78 is 5.70. The Kier molecular flexibility index (Phi) is 6.26. The molecule has 3 aliphatic carbocycles. The molecule has 2 atom stereocenters. The molecular formula is C28H32N2O5. The van der Waals surface area contributed by atoms with Crippen molar-refractivity contribution in [1.29, 1.82) is 0 Å². The highest BCUT2D eigenvalue weighted by molar-refractivity contribution is 5.85. The summed E-state index contributed by atoms with van der Waals surface area (Å²) in [5.74, 6) is -0.750. The first kappa shape index (κ1) is 23.4. The van der Waals surface area contributed by atoms with E-state index in [1.54, 1.807) is 0 Å². The number of ether oxygens (including phenoxy) is 1. The Morgan fingerprint density at radius 3 is 2.26 bits per heavy atom. The maximum absolute atomic E-state index is 13.1. The molecule has 0 aromatic heterocycles. The third kappa shape index (κ3) is 4.51. The Morgan fingerprint density at radius 2 is 1.63 bits per heavy atom. The largest absolute Gasteiger partial charge is 0.481 e. The second-order valence-electron chi connectivity index (χ2n) is 10.4. The fourth-order valence-electron chi connectivity index (χ4n) is 6.07. The molecule has 3 N–H and O–H groups in total. The summed E-state index contributed by atoms with van der Waals surface area (Å²) in [5, 5.41) is 15.0. The van der Waals surface area contributed by atoms with Crippen LogP contribution in [0.1, 0.15) is 62.5 Å². The molecule has 7 nitrogen and oxygen atoms in total. The summed E-state index contributed by atoms with van der Waals surface area (Å²) in [6.07, 6.45) is 3.30. The Morgan fingerprint density at radius 1 is 1.00 bits per heavy atom. The van der Waals surface area contributed by atoms with Gasteiger partial charge in [-0.15, -0.1) is 0 Å². The Balaban J connectivity index is 1.17. The van der Waals surface area contributed by atoms with E-state index in [1.807, 2.05) is 31.2 Å². The van der Waals surface area contributed by atoms with Crippen LogP contribution in [0, 0.1) is 11.3 Å². The van der Waals surface area contributed by atoms with Gasteiger partial charge in [-0.2, -0.15) is 0 Å². The highest BCUT2D eigenvalue weighted by Gasteiger charge is 2.47. The first-order chi connectivity index (χ1) is 16.8. The van der Waals surface area contributed by atoms with Crippen LogP contribution in [-0.4, -0.2) is 41.8 Å². The number of carboxylic acids is 1. The normalized spacial score (nSPS) is 26.8. The fraction of sp³-hybridized carbons (Fsp3) is 0.464. The number of rotatable bonds is 7. The maximum Gasteiger partial charge on any atom is 0.407 e. The average Bonchev–Trinajstić information content (AvgIpc) is 3.34. The van der Waals surface area contributed by atoms with E-state index in [0.29, 0.717) is 19.3 Å². The minimum Gasteiger partial charge on any atom is -0.481 e. The number of hydrogen-bond donors (Lipinski definition) is 3. The van der Waals surface area contributed by atoms with Crippen LogP contribution in [0.5, 0.6) is 0 Å². The van der Waals surface area contributed by atoms with Crippen LogP contribution in [-0.2, 0) is 14.3 Å². The molecule has 5 rings (SSSR count). The molecule has 0 bridgehead atoms. The van der Waals surface area contributed by atoms with E-state index in [9.17, 15) is 14.4 Å². The lowest BCUT2D eigenvalue weighted by molar-refractivity contribution is -0.139. The Hall–Kier alpha value is -3.35. The molecule has 0 heterocycles. The first-order valence-electron chi connectivity index (χ1n) is 12.5. The van der Waals surface area contributed by atoms with Crippen LogP contribution in [0.3, 0.4) is 0 Å². The summed E-state index contributed by atoms with van der Waals surface area (Å²) in [4.78, 5) is 36.8. The van der Waals surface area contributed by atoms with Crippen LogP contribution < -0.4 is 10.6 Å². The maximum atomic E-state index is 13.1.